The van der Waals surface area contributed by atoms with Gasteiger partial charge in [-0.25, -0.2) is 0 Å². The predicted molar refractivity (Wildman–Crippen MR) is 48.4 cm³/mol. The summed E-state index contributed by atoms with van der Waals surface area (Å²) < 4.78 is 5.15. The van der Waals surface area contributed by atoms with E-state index in [4.69, 9.17) is 9.84 Å². The fourth-order valence-corrected chi connectivity index (χ4v) is 1.73. The summed E-state index contributed by atoms with van der Waals surface area (Å²) in [7, 11) is 0. The smallest absolute Gasteiger partial charge is 0.165 e. The van der Waals surface area contributed by atoms with Gasteiger partial charge < -0.3 is 25.2 Å². The number of aliphatic hydroxyl groups excluding tert-OH is 3. The van der Waals surface area contributed by atoms with Crippen molar-refractivity contribution in [2.45, 2.75) is 56.9 Å². The Bertz CT molecular complexity index is 192. The van der Waals surface area contributed by atoms with Crippen LogP contribution in [0.1, 0.15) is 26.7 Å². The van der Waals surface area contributed by atoms with E-state index in [0.29, 0.717) is 0 Å². The van der Waals surface area contributed by atoms with Gasteiger partial charge in [0.05, 0.1) is 18.3 Å². The second-order valence-corrected chi connectivity index (χ2v) is 4.16. The molecule has 14 heavy (non-hydrogen) atoms. The molecule has 84 valence electrons. The van der Waals surface area contributed by atoms with Crippen LogP contribution in [0.25, 0.3) is 0 Å². The van der Waals surface area contributed by atoms with E-state index < -0.39 is 30.2 Å². The molecule has 0 spiro atoms. The molecule has 1 aliphatic heterocycles. The molecule has 0 aromatic rings. The highest BCUT2D eigenvalue weighted by molar-refractivity contribution is 4.85. The van der Waals surface area contributed by atoms with Crippen molar-refractivity contribution in [1.29, 1.82) is 0 Å². The van der Waals surface area contributed by atoms with E-state index in [1.54, 1.807) is 0 Å². The highest BCUT2D eigenvalue weighted by Crippen LogP contribution is 2.28. The third-order valence-corrected chi connectivity index (χ3v) is 2.40. The first-order valence-corrected chi connectivity index (χ1v) is 4.76. The van der Waals surface area contributed by atoms with E-state index in [9.17, 15) is 15.3 Å². The summed E-state index contributed by atoms with van der Waals surface area (Å²) in [5.41, 5.74) is 0. The maximum Gasteiger partial charge on any atom is 0.165 e. The maximum absolute atomic E-state index is 9.57. The van der Waals surface area contributed by atoms with Crippen molar-refractivity contribution in [1.82, 2.24) is 0 Å². The number of hydrogen-bond acceptors (Lipinski definition) is 5. The van der Waals surface area contributed by atoms with Crippen LogP contribution in [0.4, 0.5) is 0 Å². The average molecular weight is 206 g/mol. The Kier molecular flexibility index (Phi) is 3.49. The summed E-state index contributed by atoms with van der Waals surface area (Å²) in [4.78, 5) is 0. The minimum absolute atomic E-state index is 0.121. The molecule has 5 atom stereocenters. The molecule has 0 saturated carbocycles. The monoisotopic (exact) mass is 206 g/mol. The molecule has 0 radical (unpaired) electrons. The number of ether oxygens (including phenoxy) is 1. The lowest BCUT2D eigenvalue weighted by Crippen LogP contribution is -2.50. The molecule has 0 amide bonds. The molecule has 3 unspecified atom stereocenters. The Balaban J connectivity index is 2.62. The third-order valence-electron chi connectivity index (χ3n) is 2.40. The first-order chi connectivity index (χ1) is 6.32. The van der Waals surface area contributed by atoms with E-state index in [-0.39, 0.29) is 12.8 Å². The lowest BCUT2D eigenvalue weighted by molar-refractivity contribution is -0.282. The fourth-order valence-electron chi connectivity index (χ4n) is 1.73. The zero-order chi connectivity index (χ0) is 10.9. The molecule has 0 aromatic heterocycles. The molecule has 1 saturated heterocycles. The highest BCUT2D eigenvalue weighted by atomic mass is 16.6. The first-order valence-electron chi connectivity index (χ1n) is 4.76. The van der Waals surface area contributed by atoms with E-state index in [0.717, 1.165) is 0 Å². The molecule has 1 fully saturated rings. The molecule has 1 rings (SSSR count). The second kappa shape index (κ2) is 4.12. The van der Waals surface area contributed by atoms with E-state index in [1.165, 1.54) is 13.8 Å². The normalized spacial score (nSPS) is 43.3. The Morgan fingerprint density at radius 2 is 2.00 bits per heavy atom. The third kappa shape index (κ3) is 2.90. The van der Waals surface area contributed by atoms with Crippen molar-refractivity contribution in [2.24, 2.45) is 0 Å². The van der Waals surface area contributed by atoms with Gasteiger partial charge >= 0.3 is 0 Å². The van der Waals surface area contributed by atoms with Gasteiger partial charge in [0.25, 0.3) is 0 Å². The van der Waals surface area contributed by atoms with Crippen LogP contribution >= 0.6 is 0 Å². The van der Waals surface area contributed by atoms with E-state index in [2.05, 4.69) is 0 Å². The van der Waals surface area contributed by atoms with Gasteiger partial charge in [-0.15, -0.1) is 0 Å². The average Bonchev–Trinajstić information content (AvgIpc) is 1.98. The van der Waals surface area contributed by atoms with Crippen molar-refractivity contribution in [3.8, 4) is 0 Å². The Morgan fingerprint density at radius 3 is 2.43 bits per heavy atom. The molecular weight excluding hydrogens is 188 g/mol. The summed E-state index contributed by atoms with van der Waals surface area (Å²) in [6.45, 7) is 2.86. The molecule has 0 aromatic carbocycles. The Morgan fingerprint density at radius 1 is 1.43 bits per heavy atom. The number of hydrogen-bond donors (Lipinski definition) is 4. The lowest BCUT2D eigenvalue weighted by Gasteiger charge is -2.39. The van der Waals surface area contributed by atoms with Crippen LogP contribution in [0.15, 0.2) is 0 Å². The number of rotatable bonds is 2. The van der Waals surface area contributed by atoms with Crippen molar-refractivity contribution in [3.05, 3.63) is 0 Å². The topological polar surface area (TPSA) is 90.2 Å². The minimum Gasteiger partial charge on any atom is -0.393 e. The second-order valence-electron chi connectivity index (χ2n) is 4.16. The SMILES string of the molecule is C[C@H](O)[C@H](O)C1CC(O)CC(C)(O)O1. The summed E-state index contributed by atoms with van der Waals surface area (Å²) in [5.74, 6) is -1.43. The van der Waals surface area contributed by atoms with Crippen molar-refractivity contribution in [3.63, 3.8) is 0 Å². The molecule has 0 aliphatic carbocycles. The molecule has 1 heterocycles. The van der Waals surface area contributed by atoms with Gasteiger partial charge in [-0.3, -0.25) is 0 Å². The largest absolute Gasteiger partial charge is 0.393 e. The zero-order valence-corrected chi connectivity index (χ0v) is 8.42. The molecular formula is C9H18O5. The maximum atomic E-state index is 9.57. The van der Waals surface area contributed by atoms with E-state index >= 15 is 0 Å². The van der Waals surface area contributed by atoms with Crippen LogP contribution in [0.2, 0.25) is 0 Å². The van der Waals surface area contributed by atoms with Crippen LogP contribution in [0.3, 0.4) is 0 Å². The summed E-state index contributed by atoms with van der Waals surface area (Å²) >= 11 is 0. The molecule has 5 heteroatoms. The van der Waals surface area contributed by atoms with Gasteiger partial charge in [0.15, 0.2) is 5.79 Å². The van der Waals surface area contributed by atoms with Crippen LogP contribution in [-0.2, 0) is 4.74 Å². The quantitative estimate of drug-likeness (QED) is 0.464. The summed E-state index contributed by atoms with van der Waals surface area (Å²) in [6, 6.07) is 0. The summed E-state index contributed by atoms with van der Waals surface area (Å²) in [6.07, 6.45) is -3.12. The van der Waals surface area contributed by atoms with Crippen LogP contribution in [-0.4, -0.2) is 50.6 Å². The number of aliphatic hydroxyl groups is 4. The van der Waals surface area contributed by atoms with Crippen LogP contribution in [0, 0.1) is 0 Å². The van der Waals surface area contributed by atoms with Crippen molar-refractivity contribution < 1.29 is 25.2 Å². The van der Waals surface area contributed by atoms with Crippen molar-refractivity contribution in [2.75, 3.05) is 0 Å². The minimum atomic E-state index is -1.43. The van der Waals surface area contributed by atoms with Gasteiger partial charge in [-0.05, 0) is 13.8 Å². The molecule has 0 bridgehead atoms. The van der Waals surface area contributed by atoms with Gasteiger partial charge in [-0.2, -0.15) is 0 Å². The highest BCUT2D eigenvalue weighted by Gasteiger charge is 2.39. The Labute approximate surface area is 82.9 Å². The summed E-state index contributed by atoms with van der Waals surface area (Å²) in [5, 5.41) is 37.6. The molecule has 5 nitrogen and oxygen atoms in total. The standard InChI is InChI=1S/C9H18O5/c1-5(10)8(12)7-3-6(11)4-9(2,13)14-7/h5-8,10-13H,3-4H2,1-2H3/t5-,6?,7?,8-,9?/m0/s1. The van der Waals surface area contributed by atoms with Gasteiger partial charge in [0.2, 0.25) is 0 Å². The molecule has 1 aliphatic rings. The first kappa shape index (κ1) is 11.9. The Hall–Kier alpha value is -0.200. The van der Waals surface area contributed by atoms with E-state index in [1.807, 2.05) is 0 Å². The lowest BCUT2D eigenvalue weighted by atomic mass is 9.94. The van der Waals surface area contributed by atoms with Gasteiger partial charge in [0, 0.05) is 12.8 Å². The van der Waals surface area contributed by atoms with Crippen molar-refractivity contribution >= 4 is 0 Å². The van der Waals surface area contributed by atoms with Crippen LogP contribution in [0.5, 0.6) is 0 Å². The van der Waals surface area contributed by atoms with Crippen LogP contribution < -0.4 is 0 Å². The zero-order valence-electron chi connectivity index (χ0n) is 8.42. The predicted octanol–water partition coefficient (Wildman–Crippen LogP) is -1.02. The fraction of sp³-hybridized carbons (Fsp3) is 1.00. The van der Waals surface area contributed by atoms with Gasteiger partial charge in [0.1, 0.15) is 6.10 Å². The molecule has 4 N–H and O–H groups in total. The van der Waals surface area contributed by atoms with Gasteiger partial charge in [-0.1, -0.05) is 0 Å².